The molecule has 4 nitrogen and oxygen atoms in total. The third-order valence-electron chi connectivity index (χ3n) is 3.67. The van der Waals surface area contributed by atoms with Gasteiger partial charge in [0.15, 0.2) is 5.67 Å². The highest BCUT2D eigenvalue weighted by molar-refractivity contribution is 6.60. The average molecular weight is 289 g/mol. The van der Waals surface area contributed by atoms with E-state index in [1.807, 2.05) is 18.2 Å². The van der Waals surface area contributed by atoms with Gasteiger partial charge in [-0.15, -0.1) is 0 Å². The van der Waals surface area contributed by atoms with Crippen molar-refractivity contribution >= 4 is 32.6 Å². The van der Waals surface area contributed by atoms with Gasteiger partial charge in [0.05, 0.1) is 6.04 Å². The molecular weight excluding hydrogens is 272 g/mol. The van der Waals surface area contributed by atoms with Crippen molar-refractivity contribution in [3.63, 3.8) is 0 Å². The van der Waals surface area contributed by atoms with Gasteiger partial charge in [0, 0.05) is 5.69 Å². The van der Waals surface area contributed by atoms with Crippen LogP contribution in [-0.2, 0) is 0 Å². The second-order valence-corrected chi connectivity index (χ2v) is 5.53. The van der Waals surface area contributed by atoms with Crippen LogP contribution in [0, 0.1) is 0 Å². The molecule has 0 aromatic heterocycles. The number of nitrogens with two attached hydrogens (primary N) is 1. The first kappa shape index (κ1) is 15.0. The summed E-state index contributed by atoms with van der Waals surface area (Å²) in [6.07, 6.45) is 1.34. The number of aliphatic imine (C=N–C) groups is 1. The van der Waals surface area contributed by atoms with Crippen molar-refractivity contribution in [3.8, 4) is 0 Å². The first-order chi connectivity index (χ1) is 9.44. The van der Waals surface area contributed by atoms with Crippen LogP contribution in [0.1, 0.15) is 37.8 Å². The van der Waals surface area contributed by atoms with Gasteiger partial charge in [-0.1, -0.05) is 19.1 Å². The van der Waals surface area contributed by atoms with Gasteiger partial charge in [-0.2, -0.15) is 0 Å². The number of amides is 1. The average Bonchev–Trinajstić information content (AvgIpc) is 2.41. The summed E-state index contributed by atoms with van der Waals surface area (Å²) in [5.74, 6) is 0.0803. The Bertz CT molecular complexity index is 549. The van der Waals surface area contributed by atoms with E-state index >= 15 is 0 Å². The second-order valence-electron chi connectivity index (χ2n) is 5.00. The molecule has 1 aliphatic rings. The molecule has 0 saturated heterocycles. The van der Waals surface area contributed by atoms with Gasteiger partial charge in [0.2, 0.25) is 0 Å². The molecule has 1 heterocycles. The summed E-state index contributed by atoms with van der Waals surface area (Å²) in [6, 6.07) is 7.25. The molecule has 1 aliphatic heterocycles. The highest BCUT2D eigenvalue weighted by Gasteiger charge is 2.37. The lowest BCUT2D eigenvalue weighted by atomic mass is 9.87. The topological polar surface area (TPSA) is 67.5 Å². The Morgan fingerprint density at radius 3 is 3.00 bits per heavy atom. The summed E-state index contributed by atoms with van der Waals surface area (Å²) < 4.78 is 14.1. The van der Waals surface area contributed by atoms with E-state index in [1.165, 1.54) is 0 Å². The van der Waals surface area contributed by atoms with Crippen LogP contribution in [0.15, 0.2) is 29.3 Å². The van der Waals surface area contributed by atoms with E-state index in [2.05, 4.69) is 26.6 Å². The van der Waals surface area contributed by atoms with E-state index < -0.39 is 5.67 Å². The van der Waals surface area contributed by atoms with Crippen LogP contribution < -0.4 is 11.1 Å². The minimum atomic E-state index is -1.47. The maximum atomic E-state index is 14.3. The maximum Gasteiger partial charge on any atom is 0.281 e. The molecule has 1 aromatic rings. The minimum absolute atomic E-state index is 0.0803. The summed E-state index contributed by atoms with van der Waals surface area (Å²) >= 11 is 2.06. The molecule has 2 atom stereocenters. The number of nitrogens with zero attached hydrogens (tertiary/aromatic N) is 1. The summed E-state index contributed by atoms with van der Waals surface area (Å²) in [4.78, 5) is 15.3. The number of nitrogens with one attached hydrogen (secondary N) is 1. The molecule has 0 aliphatic carbocycles. The van der Waals surface area contributed by atoms with E-state index in [0.717, 1.165) is 5.56 Å². The van der Waals surface area contributed by atoms with Crippen LogP contribution in [0.3, 0.4) is 0 Å². The largest absolute Gasteiger partial charge is 0.385 e. The van der Waals surface area contributed by atoms with Crippen LogP contribution in [-0.4, -0.2) is 32.6 Å². The number of amidine groups is 1. The Labute approximate surface area is 126 Å². The molecule has 1 amide bonds. The Balaban J connectivity index is 2.23. The number of hydrogen-bond acceptors (Lipinski definition) is 3. The van der Waals surface area contributed by atoms with Crippen molar-refractivity contribution < 1.29 is 9.18 Å². The highest BCUT2D eigenvalue weighted by Crippen LogP contribution is 2.36. The third kappa shape index (κ3) is 3.20. The molecule has 104 valence electrons. The lowest BCUT2D eigenvalue weighted by molar-refractivity contribution is 0.208. The van der Waals surface area contributed by atoms with Gasteiger partial charge < -0.3 is 15.8 Å². The quantitative estimate of drug-likeness (QED) is 0.840. The first-order valence-electron chi connectivity index (χ1n) is 6.63. The number of hydrogen-bond donors (Lipinski definition) is 2. The second kappa shape index (κ2) is 5.94. The number of rotatable bonds is 3. The molecule has 0 bridgehead atoms. The number of benzene rings is 1. The number of carbonyl (C=O) groups excluding carboxylic acids is 1. The predicted octanol–water partition coefficient (Wildman–Crippen LogP) is 2.70. The zero-order chi connectivity index (χ0) is 14.8. The van der Waals surface area contributed by atoms with Gasteiger partial charge in [-0.3, -0.25) is 4.99 Å². The molecule has 6 heteroatoms. The fourth-order valence-electron chi connectivity index (χ4n) is 2.41. The fourth-order valence-corrected chi connectivity index (χ4v) is 2.57. The molecule has 1 aromatic carbocycles. The highest BCUT2D eigenvalue weighted by atomic mass is 27.0. The predicted molar refractivity (Wildman–Crippen MR) is 78.9 cm³/mol. The van der Waals surface area contributed by atoms with E-state index in [4.69, 9.17) is 5.73 Å². The lowest BCUT2D eigenvalue weighted by Gasteiger charge is -2.30. The van der Waals surface area contributed by atoms with Crippen LogP contribution in [0.4, 0.5) is 14.9 Å². The third-order valence-corrected chi connectivity index (χ3v) is 3.81. The van der Waals surface area contributed by atoms with Gasteiger partial charge in [-0.25, -0.2) is 4.39 Å². The van der Waals surface area contributed by atoms with Gasteiger partial charge >= 0.3 is 0 Å². The number of anilines is 1. The van der Waals surface area contributed by atoms with Crippen molar-refractivity contribution in [2.75, 3.05) is 5.32 Å². The van der Waals surface area contributed by atoms with Gasteiger partial charge in [-0.05, 0) is 37.0 Å². The monoisotopic (exact) mass is 289 g/mol. The molecule has 0 spiro atoms. The molecule has 0 fully saturated rings. The molecular formula is C14H17AlFN3O. The number of halogens is 1. The summed E-state index contributed by atoms with van der Waals surface area (Å²) in [6.45, 7) is 1.78. The first-order valence-corrected chi connectivity index (χ1v) is 7.21. The van der Waals surface area contributed by atoms with Crippen molar-refractivity contribution in [2.45, 2.75) is 37.9 Å². The molecule has 0 saturated carbocycles. The molecule has 3 N–H and O–H groups in total. The van der Waals surface area contributed by atoms with Crippen molar-refractivity contribution in [3.05, 3.63) is 29.8 Å². The number of alkyl halides is 1. The molecule has 2 rings (SSSR count). The Hall–Kier alpha value is -1.38. The minimum Gasteiger partial charge on any atom is -0.385 e. The van der Waals surface area contributed by atoms with Crippen LogP contribution in [0.5, 0.6) is 0 Å². The lowest BCUT2D eigenvalue weighted by Crippen LogP contribution is -2.42. The van der Waals surface area contributed by atoms with Crippen LogP contribution >= 0.6 is 0 Å². The maximum absolute atomic E-state index is 14.3. The van der Waals surface area contributed by atoms with Crippen molar-refractivity contribution in [1.82, 2.24) is 0 Å². The Kier molecular flexibility index (Phi) is 4.46. The zero-order valence-electron chi connectivity index (χ0n) is 11.4. The van der Waals surface area contributed by atoms with E-state index in [9.17, 15) is 9.18 Å². The van der Waals surface area contributed by atoms with Gasteiger partial charge in [0.1, 0.15) is 10.6 Å². The van der Waals surface area contributed by atoms with E-state index in [-0.39, 0.29) is 16.6 Å². The molecule has 20 heavy (non-hydrogen) atoms. The SMILES string of the molecule is CCC1(F)CC[C@@H](c2cccc(N[C](=O)[Al])c2)N=C1N. The standard InChI is InChI=1S/C14H17FN3O.Al/c1-2-14(15)7-6-12(18-13(14)16)10-4-3-5-11(8-10)17-9-19;/h3-5,8,12H,2,6-7H2,1H3,(H2,16,18)(H,17,19);/t12-,14?;/m0./s1. The van der Waals surface area contributed by atoms with E-state index in [0.29, 0.717) is 24.9 Å². The molecule has 1 unspecified atom stereocenters. The smallest absolute Gasteiger partial charge is 0.281 e. The number of carbonyl (C=O) groups is 1. The summed E-state index contributed by atoms with van der Waals surface area (Å²) in [5.41, 5.74) is 5.93. The Morgan fingerprint density at radius 1 is 1.65 bits per heavy atom. The fraction of sp³-hybridized carbons (Fsp3) is 0.429. The zero-order valence-corrected chi connectivity index (χ0v) is 12.6. The molecule has 2 radical (unpaired) electrons. The summed E-state index contributed by atoms with van der Waals surface area (Å²) in [5, 5.41) is 2.69. The van der Waals surface area contributed by atoms with Crippen LogP contribution in [0.2, 0.25) is 0 Å². The summed E-state index contributed by atoms with van der Waals surface area (Å²) in [7, 11) is 0. The Morgan fingerprint density at radius 2 is 2.40 bits per heavy atom. The van der Waals surface area contributed by atoms with Crippen molar-refractivity contribution in [2.24, 2.45) is 10.7 Å². The van der Waals surface area contributed by atoms with Crippen LogP contribution in [0.25, 0.3) is 0 Å². The van der Waals surface area contributed by atoms with E-state index in [1.54, 1.807) is 13.0 Å². The normalized spacial score (nSPS) is 25.9. The van der Waals surface area contributed by atoms with Gasteiger partial charge in [0.25, 0.3) is 16.3 Å². The van der Waals surface area contributed by atoms with Crippen molar-refractivity contribution in [1.29, 1.82) is 0 Å².